The van der Waals surface area contributed by atoms with Crippen LogP contribution in [0.15, 0.2) is 0 Å². The molecule has 0 spiro atoms. The lowest BCUT2D eigenvalue weighted by Crippen LogP contribution is -2.61. The van der Waals surface area contributed by atoms with Gasteiger partial charge in [-0.2, -0.15) is 0 Å². The average molecular weight is 268 g/mol. The first kappa shape index (κ1) is 14.8. The van der Waals surface area contributed by atoms with Gasteiger partial charge in [0.1, 0.15) is 5.54 Å². The third kappa shape index (κ3) is 3.48. The quantitative estimate of drug-likeness (QED) is 0.715. The molecule has 1 aliphatic carbocycles. The summed E-state index contributed by atoms with van der Waals surface area (Å²) in [5.41, 5.74) is -0.456. The molecule has 1 saturated heterocycles. The smallest absolute Gasteiger partial charge is 0.327 e. The number of likely N-dealkylation sites (tertiary alicyclic amines) is 1. The molecular formula is C15H28N2O2. The first-order valence-corrected chi connectivity index (χ1v) is 7.87. The van der Waals surface area contributed by atoms with Crippen LogP contribution in [0.1, 0.15) is 46.0 Å². The Morgan fingerprint density at radius 1 is 1.26 bits per heavy atom. The minimum absolute atomic E-state index is 0.0371. The van der Waals surface area contributed by atoms with Gasteiger partial charge in [-0.1, -0.05) is 13.3 Å². The third-order valence-electron chi connectivity index (χ3n) is 4.33. The van der Waals surface area contributed by atoms with Crippen molar-refractivity contribution in [1.29, 1.82) is 0 Å². The highest BCUT2D eigenvalue weighted by atomic mass is 16.5. The highest BCUT2D eigenvalue weighted by molar-refractivity contribution is 5.82. The highest BCUT2D eigenvalue weighted by Gasteiger charge is 2.52. The Morgan fingerprint density at radius 3 is 2.47 bits per heavy atom. The molecule has 0 aromatic carbocycles. The van der Waals surface area contributed by atoms with Gasteiger partial charge in [0, 0.05) is 6.54 Å². The van der Waals surface area contributed by atoms with Crippen LogP contribution in [-0.2, 0) is 9.53 Å². The maximum absolute atomic E-state index is 12.5. The topological polar surface area (TPSA) is 41.6 Å². The van der Waals surface area contributed by atoms with E-state index in [-0.39, 0.29) is 5.97 Å². The molecule has 0 amide bonds. The van der Waals surface area contributed by atoms with Crippen molar-refractivity contribution in [3.8, 4) is 0 Å². The molecule has 2 fully saturated rings. The lowest BCUT2D eigenvalue weighted by Gasteiger charge is -2.38. The van der Waals surface area contributed by atoms with Crippen LogP contribution in [0.5, 0.6) is 0 Å². The van der Waals surface area contributed by atoms with Gasteiger partial charge >= 0.3 is 5.97 Å². The van der Waals surface area contributed by atoms with Crippen molar-refractivity contribution in [2.45, 2.75) is 51.5 Å². The summed E-state index contributed by atoms with van der Waals surface area (Å²) in [6.07, 6.45) is 6.15. The fraction of sp³-hybridized carbons (Fsp3) is 0.933. The molecule has 110 valence electrons. The first-order valence-electron chi connectivity index (χ1n) is 7.87. The molecule has 0 radical (unpaired) electrons. The number of carbonyl (C=O) groups excluding carboxylic acids is 1. The van der Waals surface area contributed by atoms with Crippen LogP contribution in [0.25, 0.3) is 0 Å². The molecule has 4 nitrogen and oxygen atoms in total. The van der Waals surface area contributed by atoms with Gasteiger partial charge in [0.15, 0.2) is 0 Å². The molecule has 1 aliphatic heterocycles. The Morgan fingerprint density at radius 2 is 1.95 bits per heavy atom. The summed E-state index contributed by atoms with van der Waals surface area (Å²) in [6, 6.07) is 0. The largest absolute Gasteiger partial charge is 0.465 e. The van der Waals surface area contributed by atoms with E-state index in [9.17, 15) is 4.79 Å². The molecule has 4 heteroatoms. The van der Waals surface area contributed by atoms with Crippen molar-refractivity contribution < 1.29 is 9.53 Å². The lowest BCUT2D eigenvalue weighted by molar-refractivity contribution is -0.153. The highest BCUT2D eigenvalue weighted by Crippen LogP contribution is 2.41. The summed E-state index contributed by atoms with van der Waals surface area (Å²) in [7, 11) is 0. The second kappa shape index (κ2) is 6.71. The zero-order valence-electron chi connectivity index (χ0n) is 12.4. The Kier molecular flexibility index (Phi) is 5.22. The first-order chi connectivity index (χ1) is 9.23. The molecule has 0 aromatic heterocycles. The molecule has 2 rings (SSSR count). The number of ether oxygens (including phenoxy) is 1. The number of nitrogens with one attached hydrogen (secondary N) is 1. The number of esters is 1. The SMILES string of the molecule is CCNC(CN1CCCCC1)(C(=O)OCC)C1CC1. The van der Waals surface area contributed by atoms with Crippen molar-refractivity contribution in [3.63, 3.8) is 0 Å². The van der Waals surface area contributed by atoms with E-state index in [2.05, 4.69) is 17.1 Å². The van der Waals surface area contributed by atoms with Gasteiger partial charge in [0.2, 0.25) is 0 Å². The van der Waals surface area contributed by atoms with E-state index in [0.717, 1.165) is 39.0 Å². The summed E-state index contributed by atoms with van der Waals surface area (Å²) in [6.45, 7) is 8.33. The maximum atomic E-state index is 12.5. The molecule has 2 aliphatic rings. The fourth-order valence-electron chi connectivity index (χ4n) is 3.25. The van der Waals surface area contributed by atoms with E-state index in [1.165, 1.54) is 19.3 Å². The molecule has 1 saturated carbocycles. The van der Waals surface area contributed by atoms with Crippen molar-refractivity contribution >= 4 is 5.97 Å². The Bertz CT molecular complexity index is 299. The van der Waals surface area contributed by atoms with Gasteiger partial charge in [-0.3, -0.25) is 0 Å². The van der Waals surface area contributed by atoms with Gasteiger partial charge in [-0.15, -0.1) is 0 Å². The average Bonchev–Trinajstić information content (AvgIpc) is 3.24. The minimum Gasteiger partial charge on any atom is -0.465 e. The Labute approximate surface area is 116 Å². The van der Waals surface area contributed by atoms with Gasteiger partial charge in [-0.25, -0.2) is 4.79 Å². The van der Waals surface area contributed by atoms with Crippen molar-refractivity contribution in [2.75, 3.05) is 32.8 Å². The fourth-order valence-corrected chi connectivity index (χ4v) is 3.25. The number of carbonyl (C=O) groups is 1. The second-order valence-corrected chi connectivity index (χ2v) is 5.83. The van der Waals surface area contributed by atoms with Gasteiger partial charge < -0.3 is 15.0 Å². The number of piperidine rings is 1. The number of hydrogen-bond acceptors (Lipinski definition) is 4. The van der Waals surface area contributed by atoms with E-state index < -0.39 is 5.54 Å². The summed E-state index contributed by atoms with van der Waals surface area (Å²) >= 11 is 0. The number of hydrogen-bond donors (Lipinski definition) is 1. The van der Waals surface area contributed by atoms with Crippen LogP contribution in [-0.4, -0.2) is 49.2 Å². The summed E-state index contributed by atoms with van der Waals surface area (Å²) in [4.78, 5) is 14.9. The lowest BCUT2D eigenvalue weighted by atomic mass is 9.91. The van der Waals surface area contributed by atoms with Crippen molar-refractivity contribution in [2.24, 2.45) is 5.92 Å². The number of rotatable bonds is 7. The summed E-state index contributed by atoms with van der Waals surface area (Å²) in [5.74, 6) is 0.429. The molecule has 0 aromatic rings. The minimum atomic E-state index is -0.456. The van der Waals surface area contributed by atoms with E-state index in [1.54, 1.807) is 0 Å². The maximum Gasteiger partial charge on any atom is 0.327 e. The molecule has 19 heavy (non-hydrogen) atoms. The predicted octanol–water partition coefficient (Wildman–Crippen LogP) is 1.79. The number of likely N-dealkylation sites (N-methyl/N-ethyl adjacent to an activating group) is 1. The van der Waals surface area contributed by atoms with Crippen LogP contribution in [0.3, 0.4) is 0 Å². The zero-order chi connectivity index (χ0) is 13.7. The van der Waals surface area contributed by atoms with E-state index in [4.69, 9.17) is 4.74 Å². The van der Waals surface area contributed by atoms with Gasteiger partial charge in [-0.05, 0) is 58.2 Å². The van der Waals surface area contributed by atoms with E-state index >= 15 is 0 Å². The van der Waals surface area contributed by atoms with E-state index in [1.807, 2.05) is 6.92 Å². The number of nitrogens with zero attached hydrogens (tertiary/aromatic N) is 1. The molecule has 0 bridgehead atoms. The van der Waals surface area contributed by atoms with Crippen LogP contribution >= 0.6 is 0 Å². The van der Waals surface area contributed by atoms with Crippen LogP contribution in [0, 0.1) is 5.92 Å². The normalized spacial score (nSPS) is 23.9. The molecule has 1 heterocycles. The summed E-state index contributed by atoms with van der Waals surface area (Å²) < 4.78 is 5.37. The monoisotopic (exact) mass is 268 g/mol. The Balaban J connectivity index is 2.08. The van der Waals surface area contributed by atoms with Crippen molar-refractivity contribution in [1.82, 2.24) is 10.2 Å². The molecule has 1 unspecified atom stereocenters. The van der Waals surface area contributed by atoms with Crippen LogP contribution < -0.4 is 5.32 Å². The summed E-state index contributed by atoms with van der Waals surface area (Å²) in [5, 5.41) is 3.47. The van der Waals surface area contributed by atoms with Gasteiger partial charge in [0.05, 0.1) is 6.61 Å². The molecular weight excluding hydrogens is 240 g/mol. The zero-order valence-corrected chi connectivity index (χ0v) is 12.4. The standard InChI is InChI=1S/C15H28N2O2/c1-3-16-15(13-8-9-13,14(18)19-4-2)12-17-10-6-5-7-11-17/h13,16H,3-12H2,1-2H3. The van der Waals surface area contributed by atoms with Crippen LogP contribution in [0.2, 0.25) is 0 Å². The van der Waals surface area contributed by atoms with Crippen molar-refractivity contribution in [3.05, 3.63) is 0 Å². The van der Waals surface area contributed by atoms with E-state index in [0.29, 0.717) is 12.5 Å². The molecule has 1 atom stereocenters. The van der Waals surface area contributed by atoms with Crippen LogP contribution in [0.4, 0.5) is 0 Å². The van der Waals surface area contributed by atoms with Gasteiger partial charge in [0.25, 0.3) is 0 Å². The predicted molar refractivity (Wildman–Crippen MR) is 76.1 cm³/mol. The molecule has 1 N–H and O–H groups in total. The third-order valence-corrected chi connectivity index (χ3v) is 4.33. The second-order valence-electron chi connectivity index (χ2n) is 5.83. The Hall–Kier alpha value is -0.610.